The zero-order valence-electron chi connectivity index (χ0n) is 14.9. The zero-order valence-corrected chi connectivity index (χ0v) is 14.9. The average molecular weight is 378 g/mol. The van der Waals surface area contributed by atoms with Crippen molar-refractivity contribution in [3.63, 3.8) is 0 Å². The number of aromatic hydroxyl groups is 1. The second-order valence-corrected chi connectivity index (χ2v) is 5.68. The summed E-state index contributed by atoms with van der Waals surface area (Å²) in [5.74, 6) is 0.201. The summed E-state index contributed by atoms with van der Waals surface area (Å²) in [7, 11) is 0. The number of benzene rings is 2. The molecule has 0 saturated carbocycles. The van der Waals surface area contributed by atoms with E-state index in [1.807, 2.05) is 0 Å². The van der Waals surface area contributed by atoms with E-state index in [1.54, 1.807) is 48.5 Å². The van der Waals surface area contributed by atoms with Crippen molar-refractivity contribution < 1.29 is 14.6 Å². The van der Waals surface area contributed by atoms with Crippen LogP contribution in [0.4, 0.5) is 0 Å². The standard InChI is InChI=1S/C19H18N6O3/c1-2-4-14-5-3-6-15(19(14)27)11-20-22-18(26)12-28-17-9-7-16(8-10-17)25-13-21-23-24-25/h2-3,5-11,13,27H,1,4,12H2,(H,22,26)/b20-11-. The number of tetrazole rings is 1. The summed E-state index contributed by atoms with van der Waals surface area (Å²) in [5, 5.41) is 24.9. The molecule has 0 saturated heterocycles. The third kappa shape index (κ3) is 4.79. The van der Waals surface area contributed by atoms with Crippen LogP contribution in [0.2, 0.25) is 0 Å². The summed E-state index contributed by atoms with van der Waals surface area (Å²) >= 11 is 0. The van der Waals surface area contributed by atoms with Gasteiger partial charge in [-0.1, -0.05) is 18.2 Å². The fourth-order valence-electron chi connectivity index (χ4n) is 2.37. The monoisotopic (exact) mass is 378 g/mol. The first-order chi connectivity index (χ1) is 13.7. The van der Waals surface area contributed by atoms with Crippen LogP contribution in [0.1, 0.15) is 11.1 Å². The van der Waals surface area contributed by atoms with Gasteiger partial charge < -0.3 is 9.84 Å². The van der Waals surface area contributed by atoms with Crippen molar-refractivity contribution in [3.05, 3.63) is 72.6 Å². The number of phenolic OH excluding ortho intramolecular Hbond substituents is 1. The predicted octanol–water partition coefficient (Wildman–Crippen LogP) is 1.63. The van der Waals surface area contributed by atoms with Crippen LogP contribution in [0.5, 0.6) is 11.5 Å². The minimum Gasteiger partial charge on any atom is -0.507 e. The molecular formula is C19H18N6O3. The van der Waals surface area contributed by atoms with Gasteiger partial charge in [-0.25, -0.2) is 10.1 Å². The number of phenols is 1. The molecule has 0 spiro atoms. The third-order valence-corrected chi connectivity index (χ3v) is 3.73. The van der Waals surface area contributed by atoms with Gasteiger partial charge in [-0.05, 0) is 52.7 Å². The highest BCUT2D eigenvalue weighted by Gasteiger charge is 2.05. The second-order valence-electron chi connectivity index (χ2n) is 5.68. The first-order valence-corrected chi connectivity index (χ1v) is 8.37. The molecule has 0 bridgehead atoms. The molecule has 0 aliphatic rings. The Morgan fingerprint density at radius 1 is 1.29 bits per heavy atom. The molecule has 0 unspecified atom stereocenters. The van der Waals surface area contributed by atoms with E-state index in [9.17, 15) is 9.90 Å². The fourth-order valence-corrected chi connectivity index (χ4v) is 2.37. The highest BCUT2D eigenvalue weighted by molar-refractivity contribution is 5.86. The normalized spacial score (nSPS) is 10.7. The Bertz CT molecular complexity index is 968. The molecule has 2 aromatic carbocycles. The van der Waals surface area contributed by atoms with Gasteiger partial charge in [0.1, 0.15) is 17.8 Å². The molecule has 1 aromatic heterocycles. The number of ether oxygens (including phenoxy) is 1. The Labute approximate surface area is 161 Å². The van der Waals surface area contributed by atoms with E-state index in [0.717, 1.165) is 11.3 Å². The van der Waals surface area contributed by atoms with Crippen LogP contribution in [0.3, 0.4) is 0 Å². The van der Waals surface area contributed by atoms with Crippen LogP contribution in [-0.4, -0.2) is 44.0 Å². The van der Waals surface area contributed by atoms with Gasteiger partial charge in [0.15, 0.2) is 6.61 Å². The van der Waals surface area contributed by atoms with Crippen LogP contribution >= 0.6 is 0 Å². The summed E-state index contributed by atoms with van der Waals surface area (Å²) in [5.41, 5.74) is 4.36. The third-order valence-electron chi connectivity index (χ3n) is 3.73. The smallest absolute Gasteiger partial charge is 0.277 e. The number of carbonyl (C=O) groups excluding carboxylic acids is 1. The molecule has 0 aliphatic heterocycles. The van der Waals surface area contributed by atoms with Crippen molar-refractivity contribution >= 4 is 12.1 Å². The summed E-state index contributed by atoms with van der Waals surface area (Å²) in [4.78, 5) is 11.9. The van der Waals surface area contributed by atoms with Crippen molar-refractivity contribution in [2.45, 2.75) is 6.42 Å². The minimum absolute atomic E-state index is 0.110. The Kier molecular flexibility index (Phi) is 6.09. The predicted molar refractivity (Wildman–Crippen MR) is 102 cm³/mol. The number of hydrogen-bond acceptors (Lipinski definition) is 7. The number of para-hydroxylation sites is 1. The zero-order chi connectivity index (χ0) is 19.8. The van der Waals surface area contributed by atoms with E-state index in [2.05, 4.69) is 32.6 Å². The number of hydrogen-bond donors (Lipinski definition) is 2. The van der Waals surface area contributed by atoms with E-state index in [1.165, 1.54) is 17.2 Å². The van der Waals surface area contributed by atoms with E-state index >= 15 is 0 Å². The highest BCUT2D eigenvalue weighted by atomic mass is 16.5. The first-order valence-electron chi connectivity index (χ1n) is 8.37. The van der Waals surface area contributed by atoms with Crippen LogP contribution in [0, 0.1) is 0 Å². The van der Waals surface area contributed by atoms with Crippen LogP contribution in [0.25, 0.3) is 5.69 Å². The van der Waals surface area contributed by atoms with E-state index in [4.69, 9.17) is 4.74 Å². The quantitative estimate of drug-likeness (QED) is 0.350. The van der Waals surface area contributed by atoms with Gasteiger partial charge in [0, 0.05) is 5.56 Å². The van der Waals surface area contributed by atoms with Crippen molar-refractivity contribution in [2.75, 3.05) is 6.61 Å². The summed E-state index contributed by atoms with van der Waals surface area (Å²) in [6.45, 7) is 3.45. The first kappa shape index (κ1) is 18.8. The Morgan fingerprint density at radius 3 is 2.82 bits per heavy atom. The lowest BCUT2D eigenvalue weighted by molar-refractivity contribution is -0.123. The Hall–Kier alpha value is -4.01. The second kappa shape index (κ2) is 9.08. The number of hydrazone groups is 1. The Balaban J connectivity index is 1.50. The lowest BCUT2D eigenvalue weighted by Gasteiger charge is -2.06. The van der Waals surface area contributed by atoms with Crippen molar-refractivity contribution in [2.24, 2.45) is 5.10 Å². The number of rotatable bonds is 8. The molecule has 1 heterocycles. The summed E-state index contributed by atoms with van der Waals surface area (Å²) in [6.07, 6.45) is 5.09. The van der Waals surface area contributed by atoms with Gasteiger partial charge in [0.05, 0.1) is 11.9 Å². The molecule has 3 aromatic rings. The number of allylic oxidation sites excluding steroid dienone is 1. The van der Waals surface area contributed by atoms with Crippen LogP contribution in [0.15, 0.2) is 66.5 Å². The van der Waals surface area contributed by atoms with Gasteiger partial charge in [-0.15, -0.1) is 11.7 Å². The van der Waals surface area contributed by atoms with Crippen LogP contribution < -0.4 is 10.2 Å². The highest BCUT2D eigenvalue weighted by Crippen LogP contribution is 2.21. The maximum atomic E-state index is 11.9. The van der Waals surface area contributed by atoms with Crippen molar-refractivity contribution in [1.82, 2.24) is 25.6 Å². The van der Waals surface area contributed by atoms with Gasteiger partial charge in [0.25, 0.3) is 5.91 Å². The van der Waals surface area contributed by atoms with E-state index in [0.29, 0.717) is 17.7 Å². The van der Waals surface area contributed by atoms with E-state index < -0.39 is 5.91 Å². The molecule has 142 valence electrons. The number of aromatic nitrogens is 4. The molecule has 9 heteroatoms. The molecule has 3 rings (SSSR count). The average Bonchev–Trinajstić information content (AvgIpc) is 3.24. The van der Waals surface area contributed by atoms with Gasteiger partial charge in [0.2, 0.25) is 0 Å². The molecule has 1 amide bonds. The van der Waals surface area contributed by atoms with Crippen molar-refractivity contribution in [3.8, 4) is 17.2 Å². The van der Waals surface area contributed by atoms with Gasteiger partial charge >= 0.3 is 0 Å². The molecule has 0 aliphatic carbocycles. The number of amides is 1. The number of nitrogens with zero attached hydrogens (tertiary/aromatic N) is 5. The number of carbonyl (C=O) groups is 1. The minimum atomic E-state index is -0.428. The number of nitrogens with one attached hydrogen (secondary N) is 1. The van der Waals surface area contributed by atoms with Gasteiger partial charge in [-0.2, -0.15) is 5.10 Å². The fraction of sp³-hybridized carbons (Fsp3) is 0.105. The summed E-state index contributed by atoms with van der Waals surface area (Å²) < 4.78 is 6.92. The topological polar surface area (TPSA) is 115 Å². The van der Waals surface area contributed by atoms with Crippen LogP contribution in [-0.2, 0) is 11.2 Å². The molecule has 2 N–H and O–H groups in total. The molecular weight excluding hydrogens is 360 g/mol. The maximum absolute atomic E-state index is 11.9. The Morgan fingerprint density at radius 2 is 2.11 bits per heavy atom. The van der Waals surface area contributed by atoms with Gasteiger partial charge in [-0.3, -0.25) is 4.79 Å². The lowest BCUT2D eigenvalue weighted by Crippen LogP contribution is -2.24. The molecule has 28 heavy (non-hydrogen) atoms. The molecule has 0 atom stereocenters. The lowest BCUT2D eigenvalue weighted by atomic mass is 10.1. The van der Waals surface area contributed by atoms with E-state index in [-0.39, 0.29) is 12.4 Å². The maximum Gasteiger partial charge on any atom is 0.277 e. The van der Waals surface area contributed by atoms with Crippen molar-refractivity contribution in [1.29, 1.82) is 0 Å². The summed E-state index contributed by atoms with van der Waals surface area (Å²) in [6, 6.07) is 12.2. The SMILES string of the molecule is C=CCc1cccc(/C=N\NC(=O)COc2ccc(-n3cnnn3)cc2)c1O. The molecule has 0 radical (unpaired) electrons. The molecule has 0 fully saturated rings. The largest absolute Gasteiger partial charge is 0.507 e. The molecule has 9 nitrogen and oxygen atoms in total.